The number of carbonyl (C=O) groups is 4. The summed E-state index contributed by atoms with van der Waals surface area (Å²) in [6, 6.07) is 35.3. The monoisotopic (exact) mass is 804 g/mol. The minimum Gasteiger partial charge on any atom is -0.491 e. The summed E-state index contributed by atoms with van der Waals surface area (Å²) in [7, 11) is 0. The van der Waals surface area contributed by atoms with Crippen molar-refractivity contribution >= 4 is 29.5 Å². The lowest BCUT2D eigenvalue weighted by molar-refractivity contribution is -0.178. The van der Waals surface area contributed by atoms with E-state index in [1.165, 1.54) is 0 Å². The van der Waals surface area contributed by atoms with E-state index in [9.17, 15) is 24.6 Å². The lowest BCUT2D eigenvalue weighted by Crippen LogP contribution is -2.55. The highest BCUT2D eigenvalue weighted by Gasteiger charge is 2.75. The molecule has 7 atom stereocenters. The van der Waals surface area contributed by atoms with E-state index in [2.05, 4.69) is 17.2 Å². The number of hydrogen-bond donors (Lipinski definition) is 4. The molecule has 0 unspecified atom stereocenters. The van der Waals surface area contributed by atoms with Crippen molar-refractivity contribution in [2.75, 3.05) is 24.7 Å². The van der Waals surface area contributed by atoms with Gasteiger partial charge in [-0.3, -0.25) is 19.3 Å². The molecule has 12 nitrogen and oxygen atoms in total. The van der Waals surface area contributed by atoms with Crippen LogP contribution in [0.25, 0.3) is 0 Å². The fourth-order valence-corrected chi connectivity index (χ4v) is 9.25. The number of cyclic esters (lactones) is 1. The fourth-order valence-electron chi connectivity index (χ4n) is 9.25. The van der Waals surface area contributed by atoms with Crippen molar-refractivity contribution in [3.8, 4) is 17.6 Å². The number of hydrogen-bond acceptors (Lipinski definition) is 9. The van der Waals surface area contributed by atoms with Gasteiger partial charge in [0.05, 0.1) is 42.9 Å². The zero-order valence-electron chi connectivity index (χ0n) is 32.8. The smallest absolute Gasteiger partial charge is 0.329 e. The third-order valence-corrected chi connectivity index (χ3v) is 11.6. The highest BCUT2D eigenvalue weighted by Crippen LogP contribution is 2.66. The Labute approximate surface area is 347 Å². The van der Waals surface area contributed by atoms with Crippen LogP contribution in [0.3, 0.4) is 0 Å². The number of nitrogens with zero attached hydrogens (tertiary/aromatic N) is 2. The Hall–Kier alpha value is -6.78. The summed E-state index contributed by atoms with van der Waals surface area (Å²) in [5.74, 6) is 2.31. The molecule has 0 aromatic heterocycles. The number of primary amides is 1. The summed E-state index contributed by atoms with van der Waals surface area (Å²) in [5.41, 5.74) is 8.06. The third kappa shape index (κ3) is 6.86. The first-order valence-electron chi connectivity index (χ1n) is 19.9. The number of ether oxygens (including phenoxy) is 2. The van der Waals surface area contributed by atoms with Gasteiger partial charge in [-0.15, -0.1) is 0 Å². The molecule has 0 aliphatic carbocycles. The van der Waals surface area contributed by atoms with E-state index in [1.807, 2.05) is 95.9 Å². The van der Waals surface area contributed by atoms with Crippen molar-refractivity contribution in [1.29, 1.82) is 0 Å². The number of rotatable bonds is 10. The molecule has 0 saturated carbocycles. The number of nitrogens with two attached hydrogens (primary N) is 1. The zero-order chi connectivity index (χ0) is 42.0. The second-order valence-corrected chi connectivity index (χ2v) is 15.0. The number of carbonyl (C=O) groups excluding carboxylic acids is 4. The first-order chi connectivity index (χ1) is 29.2. The molecule has 304 valence electrons. The van der Waals surface area contributed by atoms with Gasteiger partial charge in [-0.25, -0.2) is 9.69 Å². The molecule has 8 rings (SSSR count). The first-order valence-corrected chi connectivity index (χ1v) is 19.9. The molecule has 3 aliphatic rings. The molecule has 3 heterocycles. The van der Waals surface area contributed by atoms with Crippen LogP contribution in [0.2, 0.25) is 0 Å². The van der Waals surface area contributed by atoms with Gasteiger partial charge >= 0.3 is 12.0 Å². The van der Waals surface area contributed by atoms with Crippen LogP contribution in [0.5, 0.6) is 5.75 Å². The average molecular weight is 805 g/mol. The topological polar surface area (TPSA) is 172 Å². The Morgan fingerprint density at radius 2 is 1.50 bits per heavy atom. The zero-order valence-corrected chi connectivity index (χ0v) is 32.8. The van der Waals surface area contributed by atoms with Crippen LogP contribution in [-0.4, -0.2) is 64.8 Å². The first kappa shape index (κ1) is 40.0. The number of urea groups is 1. The van der Waals surface area contributed by atoms with E-state index in [4.69, 9.17) is 15.2 Å². The normalized spacial score (nSPS) is 23.5. The van der Waals surface area contributed by atoms with E-state index in [0.717, 1.165) is 16.0 Å². The van der Waals surface area contributed by atoms with Gasteiger partial charge in [0.2, 0.25) is 11.8 Å². The number of nitrogens with one attached hydrogen (secondary N) is 1. The van der Waals surface area contributed by atoms with Gasteiger partial charge in [-0.2, -0.15) is 0 Å². The molecule has 5 N–H and O–H groups in total. The highest BCUT2D eigenvalue weighted by molar-refractivity contribution is 6.24. The van der Waals surface area contributed by atoms with Gasteiger partial charge in [0.25, 0.3) is 0 Å². The molecule has 2 saturated heterocycles. The molecular formula is C48H44N4O8. The van der Waals surface area contributed by atoms with Gasteiger partial charge in [0.15, 0.2) is 0 Å². The van der Waals surface area contributed by atoms with E-state index in [1.54, 1.807) is 49.4 Å². The number of aliphatic hydroxyl groups excluding tert-OH is 2. The third-order valence-electron chi connectivity index (χ3n) is 11.6. The maximum Gasteiger partial charge on any atom is 0.329 e. The Kier molecular flexibility index (Phi) is 11.2. The van der Waals surface area contributed by atoms with Crippen LogP contribution in [0.4, 0.5) is 10.5 Å². The Balaban J connectivity index is 1.42. The quantitative estimate of drug-likeness (QED) is 0.106. The number of fused-ring (bicyclic) bond motifs is 3. The molecule has 1 spiro atoms. The number of esters is 1. The van der Waals surface area contributed by atoms with Crippen LogP contribution in [-0.2, 0) is 24.5 Å². The number of aliphatic hydroxyl groups is 2. The Bertz CT molecular complexity index is 2470. The number of imide groups is 1. The van der Waals surface area contributed by atoms with E-state index < -0.39 is 65.4 Å². The van der Waals surface area contributed by atoms with Crippen LogP contribution < -0.4 is 20.7 Å². The summed E-state index contributed by atoms with van der Waals surface area (Å²) in [4.78, 5) is 63.0. The fraction of sp³-hybridized carbons (Fsp3) is 0.250. The lowest BCUT2D eigenvalue weighted by Gasteiger charge is -2.46. The molecule has 0 bridgehead atoms. The molecule has 2 fully saturated rings. The summed E-state index contributed by atoms with van der Waals surface area (Å²) in [6.07, 6.45) is -0.725. The summed E-state index contributed by atoms with van der Waals surface area (Å²) < 4.78 is 12.3. The molecule has 60 heavy (non-hydrogen) atoms. The van der Waals surface area contributed by atoms with Crippen molar-refractivity contribution < 1.29 is 38.9 Å². The Morgan fingerprint density at radius 3 is 2.17 bits per heavy atom. The molecular weight excluding hydrogens is 761 g/mol. The summed E-state index contributed by atoms with van der Waals surface area (Å²) in [5, 5.41) is 22.2. The largest absolute Gasteiger partial charge is 0.491 e. The van der Waals surface area contributed by atoms with Crippen LogP contribution in [0.15, 0.2) is 133 Å². The molecule has 5 aromatic carbocycles. The second kappa shape index (κ2) is 16.8. The van der Waals surface area contributed by atoms with Crippen molar-refractivity contribution in [3.63, 3.8) is 0 Å². The summed E-state index contributed by atoms with van der Waals surface area (Å²) >= 11 is 0. The standard InChI is InChI=1S/C48H44N4O8/c1-30(32-15-5-2-6-16-32)50-47(58)51-38-24-23-31(14-11-12-25-53)28-37(38)48(46(51)57)39(44(49)55)41-45(56)60-42(34-19-9-4-10-20-34)40(33-17-7-3-8-18-33)52(41)43(48)35-21-13-22-36(29-35)59-27-26-54/h2-10,13,15-24,28-30,39-43,53-54H,12,25-27H2,1H3,(H2,49,55)(H,50,58)/t30-,39+,40+,41+,42-,43-,48+/m1/s1. The number of amides is 4. The molecule has 5 aromatic rings. The number of anilines is 1. The molecule has 4 amide bonds. The highest BCUT2D eigenvalue weighted by atomic mass is 16.6. The lowest BCUT2D eigenvalue weighted by atomic mass is 9.65. The maximum absolute atomic E-state index is 16.1. The van der Waals surface area contributed by atoms with Gasteiger partial charge in [0.1, 0.15) is 29.9 Å². The minimum atomic E-state index is -2.03. The SMILES string of the molecule is C[C@@H](NC(=O)N1C(=O)[C@@]2(c3cc(C#CCCO)ccc31)[C@H](C(N)=O)[C@H]1C(=O)O[C@H](c3ccccc3)[C@H](c3ccccc3)N1[C@@H]2c1cccc(OCCO)c1)c1ccccc1. The van der Waals surface area contributed by atoms with E-state index >= 15 is 4.79 Å². The van der Waals surface area contributed by atoms with Gasteiger partial charge in [0, 0.05) is 12.0 Å². The van der Waals surface area contributed by atoms with Gasteiger partial charge in [-0.1, -0.05) is 115 Å². The second-order valence-electron chi connectivity index (χ2n) is 15.0. The average Bonchev–Trinajstić information content (AvgIpc) is 3.73. The van der Waals surface area contributed by atoms with Crippen molar-refractivity contribution in [2.45, 2.75) is 49.0 Å². The molecule has 12 heteroatoms. The number of benzene rings is 5. The van der Waals surface area contributed by atoms with E-state index in [-0.39, 0.29) is 37.5 Å². The van der Waals surface area contributed by atoms with Crippen molar-refractivity contribution in [2.24, 2.45) is 11.7 Å². The maximum atomic E-state index is 16.1. The Morgan fingerprint density at radius 1 is 0.833 bits per heavy atom. The predicted molar refractivity (Wildman–Crippen MR) is 222 cm³/mol. The van der Waals surface area contributed by atoms with Crippen LogP contribution in [0.1, 0.15) is 71.0 Å². The van der Waals surface area contributed by atoms with Gasteiger partial charge in [-0.05, 0) is 65.1 Å². The van der Waals surface area contributed by atoms with Crippen molar-refractivity contribution in [1.82, 2.24) is 10.2 Å². The number of morpholine rings is 1. The van der Waals surface area contributed by atoms with Crippen LogP contribution in [0, 0.1) is 17.8 Å². The minimum absolute atomic E-state index is 0.0181. The van der Waals surface area contributed by atoms with Crippen molar-refractivity contribution in [3.05, 3.63) is 167 Å². The predicted octanol–water partition coefficient (Wildman–Crippen LogP) is 5.41. The van der Waals surface area contributed by atoms with Gasteiger partial charge < -0.3 is 30.7 Å². The van der Waals surface area contributed by atoms with Crippen LogP contribution >= 0.6 is 0 Å². The summed E-state index contributed by atoms with van der Waals surface area (Å²) in [6.45, 7) is 1.36. The molecule has 0 radical (unpaired) electrons. The van der Waals surface area contributed by atoms with E-state index in [0.29, 0.717) is 22.4 Å². The molecule has 3 aliphatic heterocycles.